The minimum absolute atomic E-state index is 0.105. The number of allylic oxidation sites excluding steroid dienone is 15. The van der Waals surface area contributed by atoms with Crippen LogP contribution in [-0.4, -0.2) is 99.6 Å². The molecular weight excluding hydrogens is 955 g/mol. The van der Waals surface area contributed by atoms with Crippen molar-refractivity contribution < 1.29 is 49.3 Å². The van der Waals surface area contributed by atoms with Crippen LogP contribution in [0.15, 0.2) is 97.2 Å². The average Bonchev–Trinajstić information content (AvgIpc) is 3.42. The number of nitrogens with one attached hydrogen (secondary N) is 1. The second-order valence-corrected chi connectivity index (χ2v) is 20.7. The molecule has 0 radical (unpaired) electrons. The van der Waals surface area contributed by atoms with Crippen molar-refractivity contribution >= 4 is 11.9 Å². The number of rotatable bonds is 50. The van der Waals surface area contributed by atoms with Crippen molar-refractivity contribution in [1.29, 1.82) is 0 Å². The second-order valence-electron chi connectivity index (χ2n) is 20.7. The monoisotopic (exact) mass is 1070 g/mol. The molecule has 1 amide bonds. The summed E-state index contributed by atoms with van der Waals surface area (Å²) in [6.45, 7) is 5.54. The first kappa shape index (κ1) is 70.6. The average molecular weight is 1070 g/mol. The molecule has 8 atom stereocenters. The minimum Gasteiger partial charge on any atom is -0.454 e. The Morgan fingerprint density at radius 1 is 0.526 bits per heavy atom. The van der Waals surface area contributed by atoms with Crippen molar-refractivity contribution in [2.24, 2.45) is 0 Å². The largest absolute Gasteiger partial charge is 0.454 e. The van der Waals surface area contributed by atoms with E-state index in [1.54, 1.807) is 6.08 Å². The Morgan fingerprint density at radius 3 is 1.42 bits per heavy atom. The summed E-state index contributed by atoms with van der Waals surface area (Å²) in [5.41, 5.74) is 0. The maximum absolute atomic E-state index is 13.4. The van der Waals surface area contributed by atoms with Crippen LogP contribution in [0, 0.1) is 0 Å². The molecule has 11 heteroatoms. The van der Waals surface area contributed by atoms with Gasteiger partial charge >= 0.3 is 5.97 Å². The van der Waals surface area contributed by atoms with Crippen LogP contribution < -0.4 is 5.32 Å². The fraction of sp³-hybridized carbons (Fsp3) is 0.723. The topological polar surface area (TPSA) is 175 Å². The number of amides is 1. The SMILES string of the molecule is CC/C=C\C/C=C\C/C=C\C/C=C\C/C=C\CCCCCCCCCC(=O)OC1C(OCC(NC(=O)C(O)CCCCCCCC/C=C/C/C=C/CC)C(O)/C=C/CCCCCCCCCCC)OC(CO)C(O)C1O. The molecule has 0 aromatic carbocycles. The van der Waals surface area contributed by atoms with Crippen LogP contribution in [0.2, 0.25) is 0 Å². The van der Waals surface area contributed by atoms with Gasteiger partial charge in [-0.3, -0.25) is 9.59 Å². The van der Waals surface area contributed by atoms with Crippen LogP contribution in [0.25, 0.3) is 0 Å². The maximum Gasteiger partial charge on any atom is 0.306 e. The van der Waals surface area contributed by atoms with Crippen LogP contribution in [-0.2, 0) is 23.8 Å². The van der Waals surface area contributed by atoms with Crippen molar-refractivity contribution in [1.82, 2.24) is 5.32 Å². The van der Waals surface area contributed by atoms with Crippen molar-refractivity contribution in [3.63, 3.8) is 0 Å². The highest BCUT2D eigenvalue weighted by atomic mass is 16.7. The standard InChI is InChI=1S/C65H111NO10/c1-4-7-10-13-16-19-22-24-25-26-27-28-29-30-31-32-33-35-38-41-44-47-50-53-60(70)76-63-62(72)61(71)59(54-67)75-65(63)74-55-56(57(68)51-48-45-42-39-36-21-18-15-12-9-6-3)66-64(73)58(69)52-49-46-43-40-37-34-23-20-17-14-11-8-5-2/h7-8,10-11,16-17,19-20,24-25,27-28,30-31,48,51,56-59,61-63,65,67-69,71-72H,4-6,9,12-15,18,21-23,26,29,32-47,49-50,52-55H2,1-3H3,(H,66,73)/b10-7-,11-8+,19-16-,20-17+,25-24-,28-27-,31-30-,51-48+. The Morgan fingerprint density at radius 2 is 0.947 bits per heavy atom. The van der Waals surface area contributed by atoms with Gasteiger partial charge in [0.2, 0.25) is 5.91 Å². The third-order valence-electron chi connectivity index (χ3n) is 13.7. The zero-order valence-electron chi connectivity index (χ0n) is 48.1. The van der Waals surface area contributed by atoms with Crippen molar-refractivity contribution in [3.05, 3.63) is 97.2 Å². The highest BCUT2D eigenvalue weighted by molar-refractivity contribution is 5.80. The summed E-state index contributed by atoms with van der Waals surface area (Å²) in [5.74, 6) is -1.22. The third kappa shape index (κ3) is 39.9. The number of carbonyl (C=O) groups is 2. The molecule has 11 nitrogen and oxygen atoms in total. The van der Waals surface area contributed by atoms with Gasteiger partial charge in [-0.1, -0.05) is 234 Å². The van der Waals surface area contributed by atoms with E-state index in [2.05, 4.69) is 111 Å². The first-order chi connectivity index (χ1) is 37.2. The van der Waals surface area contributed by atoms with Crippen LogP contribution in [0.3, 0.4) is 0 Å². The van der Waals surface area contributed by atoms with Gasteiger partial charge in [0.1, 0.15) is 24.4 Å². The predicted octanol–water partition coefficient (Wildman–Crippen LogP) is 14.3. The lowest BCUT2D eigenvalue weighted by Gasteiger charge is -2.41. The van der Waals surface area contributed by atoms with Gasteiger partial charge in [0.15, 0.2) is 12.4 Å². The molecule has 1 heterocycles. The van der Waals surface area contributed by atoms with Gasteiger partial charge < -0.3 is 45.1 Å². The number of esters is 1. The fourth-order valence-electron chi connectivity index (χ4n) is 8.95. The number of ether oxygens (including phenoxy) is 3. The van der Waals surface area contributed by atoms with Crippen LogP contribution in [0.5, 0.6) is 0 Å². The summed E-state index contributed by atoms with van der Waals surface area (Å²) >= 11 is 0. The number of aliphatic hydroxyl groups excluding tert-OH is 5. The van der Waals surface area contributed by atoms with Crippen LogP contribution >= 0.6 is 0 Å². The zero-order chi connectivity index (χ0) is 55.4. The number of unbranched alkanes of at least 4 members (excludes halogenated alkanes) is 22. The molecule has 1 saturated heterocycles. The Hall–Kier alpha value is -3.42. The number of carbonyl (C=O) groups excluding carboxylic acids is 2. The lowest BCUT2D eigenvalue weighted by molar-refractivity contribution is -0.305. The van der Waals surface area contributed by atoms with Gasteiger partial charge in [0, 0.05) is 6.42 Å². The van der Waals surface area contributed by atoms with E-state index >= 15 is 0 Å². The highest BCUT2D eigenvalue weighted by Crippen LogP contribution is 2.26. The van der Waals surface area contributed by atoms with Crippen molar-refractivity contribution in [2.75, 3.05) is 13.2 Å². The molecule has 0 spiro atoms. The van der Waals surface area contributed by atoms with E-state index in [0.717, 1.165) is 148 Å². The first-order valence-electron chi connectivity index (χ1n) is 30.5. The molecule has 0 aromatic rings. The first-order valence-corrected chi connectivity index (χ1v) is 30.5. The fourth-order valence-corrected chi connectivity index (χ4v) is 8.95. The summed E-state index contributed by atoms with van der Waals surface area (Å²) in [6, 6.07) is -1.03. The summed E-state index contributed by atoms with van der Waals surface area (Å²) in [7, 11) is 0. The second kappa shape index (κ2) is 52.3. The molecule has 0 bridgehead atoms. The molecule has 1 rings (SSSR count). The Balaban J connectivity index is 2.65. The molecule has 0 aliphatic carbocycles. The van der Waals surface area contributed by atoms with Crippen LogP contribution in [0.1, 0.15) is 239 Å². The molecule has 0 saturated carbocycles. The Kier molecular flexibility index (Phi) is 48.6. The smallest absolute Gasteiger partial charge is 0.306 e. The zero-order valence-corrected chi connectivity index (χ0v) is 48.1. The van der Waals surface area contributed by atoms with Gasteiger partial charge in [-0.05, 0) is 96.3 Å². The van der Waals surface area contributed by atoms with Crippen LogP contribution in [0.4, 0.5) is 0 Å². The van der Waals surface area contributed by atoms with Gasteiger partial charge in [0.25, 0.3) is 0 Å². The third-order valence-corrected chi connectivity index (χ3v) is 13.7. The number of hydrogen-bond acceptors (Lipinski definition) is 10. The van der Waals surface area contributed by atoms with Crippen molar-refractivity contribution in [2.45, 2.75) is 288 Å². The normalized spacial score (nSPS) is 19.8. The molecule has 8 unspecified atom stereocenters. The Labute approximate surface area is 463 Å². The van der Waals surface area contributed by atoms with Crippen molar-refractivity contribution in [3.8, 4) is 0 Å². The molecule has 436 valence electrons. The Bertz CT molecular complexity index is 1600. The molecule has 6 N–H and O–H groups in total. The molecule has 76 heavy (non-hydrogen) atoms. The van der Waals surface area contributed by atoms with Gasteiger partial charge in [-0.15, -0.1) is 0 Å². The van der Waals surface area contributed by atoms with Gasteiger partial charge in [-0.2, -0.15) is 0 Å². The molecule has 1 fully saturated rings. The summed E-state index contributed by atoms with van der Waals surface area (Å²) in [5, 5.41) is 56.9. The summed E-state index contributed by atoms with van der Waals surface area (Å²) in [4.78, 5) is 26.5. The van der Waals surface area contributed by atoms with E-state index in [4.69, 9.17) is 14.2 Å². The minimum atomic E-state index is -1.62. The summed E-state index contributed by atoms with van der Waals surface area (Å²) in [6.07, 6.45) is 58.8. The van der Waals surface area contributed by atoms with E-state index in [9.17, 15) is 35.1 Å². The predicted molar refractivity (Wildman–Crippen MR) is 315 cm³/mol. The number of aliphatic hydroxyl groups is 5. The lowest BCUT2D eigenvalue weighted by Crippen LogP contribution is -2.61. The van der Waals surface area contributed by atoms with E-state index in [1.165, 1.54) is 44.9 Å². The highest BCUT2D eigenvalue weighted by Gasteiger charge is 2.47. The molecule has 0 aromatic heterocycles. The lowest BCUT2D eigenvalue weighted by atomic mass is 9.99. The molecular formula is C65H111NO10. The number of hydrogen-bond donors (Lipinski definition) is 6. The molecule has 1 aliphatic heterocycles. The van der Waals surface area contributed by atoms with Gasteiger partial charge in [-0.25, -0.2) is 0 Å². The summed E-state index contributed by atoms with van der Waals surface area (Å²) < 4.78 is 17.6. The van der Waals surface area contributed by atoms with Gasteiger partial charge in [0.05, 0.1) is 25.4 Å². The van der Waals surface area contributed by atoms with E-state index in [-0.39, 0.29) is 19.4 Å². The van der Waals surface area contributed by atoms with E-state index < -0.39 is 67.4 Å². The van der Waals surface area contributed by atoms with E-state index in [1.807, 2.05) is 6.08 Å². The molecule has 1 aliphatic rings. The maximum atomic E-state index is 13.4. The van der Waals surface area contributed by atoms with E-state index in [0.29, 0.717) is 12.8 Å². The quantitative estimate of drug-likeness (QED) is 0.0195.